The normalized spacial score (nSPS) is 13.9. The third-order valence-corrected chi connectivity index (χ3v) is 2.42. The van der Waals surface area contributed by atoms with E-state index in [2.05, 4.69) is 20.9 Å². The second-order valence-corrected chi connectivity index (χ2v) is 3.94. The van der Waals surface area contributed by atoms with Gasteiger partial charge in [0, 0.05) is 5.38 Å². The van der Waals surface area contributed by atoms with Crippen molar-refractivity contribution in [2.75, 3.05) is 0 Å². The average molecular weight is 244 g/mol. The summed E-state index contributed by atoms with van der Waals surface area (Å²) in [6.07, 6.45) is -4.54. The molecule has 1 N–H and O–H groups in total. The van der Waals surface area contributed by atoms with Crippen LogP contribution in [0.4, 0.5) is 8.78 Å². The van der Waals surface area contributed by atoms with Crippen molar-refractivity contribution in [2.45, 2.75) is 12.5 Å². The first kappa shape index (κ1) is 9.02. The molecule has 2 nitrogen and oxygen atoms in total. The lowest BCUT2D eigenvalue weighted by Gasteiger charge is -2.03. The van der Waals surface area contributed by atoms with Crippen molar-refractivity contribution in [3.05, 3.63) is 15.0 Å². The Balaban J connectivity index is 2.76. The molecule has 1 aromatic rings. The van der Waals surface area contributed by atoms with Gasteiger partial charge in [-0.05, 0) is 15.9 Å². The van der Waals surface area contributed by atoms with Gasteiger partial charge in [-0.1, -0.05) is 0 Å². The standard InChI is InChI=1S/C5H4BrF2NOS/c6-5-9-2(1-11-5)3(10)4(7)8/h1,3-4,10H. The van der Waals surface area contributed by atoms with E-state index in [9.17, 15) is 8.78 Å². The van der Waals surface area contributed by atoms with E-state index < -0.39 is 12.5 Å². The van der Waals surface area contributed by atoms with Crippen molar-refractivity contribution >= 4 is 27.3 Å². The number of halogens is 3. The maximum absolute atomic E-state index is 11.8. The van der Waals surface area contributed by atoms with Crippen LogP contribution in [-0.2, 0) is 0 Å². The van der Waals surface area contributed by atoms with Crippen molar-refractivity contribution in [3.8, 4) is 0 Å². The summed E-state index contributed by atoms with van der Waals surface area (Å²) in [7, 11) is 0. The van der Waals surface area contributed by atoms with Crippen LogP contribution >= 0.6 is 27.3 Å². The Morgan fingerprint density at radius 1 is 1.64 bits per heavy atom. The number of hydrogen-bond donors (Lipinski definition) is 1. The van der Waals surface area contributed by atoms with Crippen molar-refractivity contribution in [1.82, 2.24) is 4.98 Å². The average Bonchev–Trinajstić information content (AvgIpc) is 2.34. The highest BCUT2D eigenvalue weighted by Gasteiger charge is 2.21. The van der Waals surface area contributed by atoms with Gasteiger partial charge < -0.3 is 5.11 Å². The predicted molar refractivity (Wildman–Crippen MR) is 40.8 cm³/mol. The highest BCUT2D eigenvalue weighted by atomic mass is 79.9. The Kier molecular flexibility index (Phi) is 2.91. The molecule has 0 saturated heterocycles. The second kappa shape index (κ2) is 3.55. The molecule has 0 aliphatic heterocycles. The fraction of sp³-hybridized carbons (Fsp3) is 0.400. The lowest BCUT2D eigenvalue weighted by molar-refractivity contribution is -0.00792. The summed E-state index contributed by atoms with van der Waals surface area (Å²) in [5.41, 5.74) is 0.0110. The second-order valence-electron chi connectivity index (χ2n) is 1.80. The molecular formula is C5H4BrF2NOS. The molecule has 11 heavy (non-hydrogen) atoms. The first-order valence-electron chi connectivity index (χ1n) is 2.68. The fourth-order valence-corrected chi connectivity index (χ4v) is 1.58. The monoisotopic (exact) mass is 243 g/mol. The van der Waals surface area contributed by atoms with Gasteiger partial charge in [-0.15, -0.1) is 11.3 Å². The maximum atomic E-state index is 11.8. The number of aliphatic hydroxyl groups excluding tert-OH is 1. The Morgan fingerprint density at radius 3 is 2.64 bits per heavy atom. The minimum atomic E-state index is -2.77. The molecule has 1 heterocycles. The summed E-state index contributed by atoms with van der Waals surface area (Å²) in [6, 6.07) is 0. The molecule has 62 valence electrons. The molecule has 1 atom stereocenters. The molecule has 0 radical (unpaired) electrons. The zero-order chi connectivity index (χ0) is 8.43. The van der Waals surface area contributed by atoms with Gasteiger partial charge in [0.05, 0.1) is 5.69 Å². The van der Waals surface area contributed by atoms with Gasteiger partial charge in [-0.3, -0.25) is 0 Å². The summed E-state index contributed by atoms with van der Waals surface area (Å²) in [4.78, 5) is 3.64. The lowest BCUT2D eigenvalue weighted by Crippen LogP contribution is -2.07. The minimum Gasteiger partial charge on any atom is -0.381 e. The van der Waals surface area contributed by atoms with Gasteiger partial charge in [0.25, 0.3) is 6.43 Å². The molecule has 0 bridgehead atoms. The van der Waals surface area contributed by atoms with Crippen LogP contribution in [0.3, 0.4) is 0 Å². The molecule has 0 amide bonds. The Bertz CT molecular complexity index is 242. The Hall–Kier alpha value is -0.0700. The fourth-order valence-electron chi connectivity index (χ4n) is 0.528. The largest absolute Gasteiger partial charge is 0.381 e. The van der Waals surface area contributed by atoms with E-state index in [1.54, 1.807) is 0 Å². The number of aliphatic hydroxyl groups is 1. The third kappa shape index (κ3) is 2.18. The van der Waals surface area contributed by atoms with E-state index in [0.29, 0.717) is 3.92 Å². The maximum Gasteiger partial charge on any atom is 0.269 e. The van der Waals surface area contributed by atoms with Gasteiger partial charge in [-0.2, -0.15) is 0 Å². The van der Waals surface area contributed by atoms with Crippen LogP contribution in [-0.4, -0.2) is 16.5 Å². The zero-order valence-electron chi connectivity index (χ0n) is 5.17. The summed E-state index contributed by atoms with van der Waals surface area (Å²) in [5.74, 6) is 0. The van der Waals surface area contributed by atoms with Crippen LogP contribution in [0.25, 0.3) is 0 Å². The predicted octanol–water partition coefficient (Wildman–Crippen LogP) is 2.20. The van der Waals surface area contributed by atoms with Crippen molar-refractivity contribution in [3.63, 3.8) is 0 Å². The van der Waals surface area contributed by atoms with Crippen LogP contribution in [0.5, 0.6) is 0 Å². The summed E-state index contributed by atoms with van der Waals surface area (Å²) in [6.45, 7) is 0. The highest BCUT2D eigenvalue weighted by molar-refractivity contribution is 9.11. The van der Waals surface area contributed by atoms with Crippen molar-refractivity contribution < 1.29 is 13.9 Å². The molecule has 1 unspecified atom stereocenters. The number of alkyl halides is 2. The molecule has 0 fully saturated rings. The third-order valence-electron chi connectivity index (χ3n) is 1.04. The number of nitrogens with zero attached hydrogens (tertiary/aromatic N) is 1. The number of hydrogen-bond acceptors (Lipinski definition) is 3. The van der Waals surface area contributed by atoms with Gasteiger partial charge in [0.2, 0.25) is 0 Å². The molecule has 0 spiro atoms. The zero-order valence-corrected chi connectivity index (χ0v) is 7.57. The topological polar surface area (TPSA) is 33.1 Å². The molecule has 0 aliphatic carbocycles. The molecule has 0 aromatic carbocycles. The first-order chi connectivity index (χ1) is 5.11. The SMILES string of the molecule is OC(c1csc(Br)n1)C(F)F. The lowest BCUT2D eigenvalue weighted by atomic mass is 10.3. The van der Waals surface area contributed by atoms with Gasteiger partial charge in [-0.25, -0.2) is 13.8 Å². The van der Waals surface area contributed by atoms with Gasteiger partial charge in [0.15, 0.2) is 10.0 Å². The Morgan fingerprint density at radius 2 is 2.27 bits per heavy atom. The van der Waals surface area contributed by atoms with Crippen LogP contribution in [0.15, 0.2) is 9.30 Å². The quantitative estimate of drug-likeness (QED) is 0.865. The van der Waals surface area contributed by atoms with Crippen LogP contribution < -0.4 is 0 Å². The van der Waals surface area contributed by atoms with Crippen LogP contribution in [0.2, 0.25) is 0 Å². The number of aromatic nitrogens is 1. The van der Waals surface area contributed by atoms with E-state index in [-0.39, 0.29) is 5.69 Å². The highest BCUT2D eigenvalue weighted by Crippen LogP contribution is 2.24. The number of thiazole rings is 1. The molecule has 1 aromatic heterocycles. The van der Waals surface area contributed by atoms with Crippen molar-refractivity contribution in [2.24, 2.45) is 0 Å². The molecular weight excluding hydrogens is 240 g/mol. The smallest absolute Gasteiger partial charge is 0.269 e. The van der Waals surface area contributed by atoms with E-state index in [1.807, 2.05) is 0 Å². The summed E-state index contributed by atoms with van der Waals surface area (Å²) in [5, 5.41) is 10.2. The van der Waals surface area contributed by atoms with Gasteiger partial charge >= 0.3 is 0 Å². The van der Waals surface area contributed by atoms with E-state index in [0.717, 1.165) is 11.3 Å². The molecule has 0 saturated carbocycles. The van der Waals surface area contributed by atoms with E-state index in [4.69, 9.17) is 5.11 Å². The number of rotatable bonds is 2. The van der Waals surface area contributed by atoms with Gasteiger partial charge in [0.1, 0.15) is 0 Å². The Labute approximate surface area is 74.0 Å². The molecule has 6 heteroatoms. The van der Waals surface area contributed by atoms with E-state index in [1.165, 1.54) is 5.38 Å². The molecule has 0 aliphatic rings. The van der Waals surface area contributed by atoms with Crippen LogP contribution in [0.1, 0.15) is 11.8 Å². The summed E-state index contributed by atoms with van der Waals surface area (Å²) >= 11 is 4.16. The summed E-state index contributed by atoms with van der Waals surface area (Å²) < 4.78 is 24.1. The minimum absolute atomic E-state index is 0.0110. The molecule has 1 rings (SSSR count). The van der Waals surface area contributed by atoms with Crippen LogP contribution in [0, 0.1) is 0 Å². The van der Waals surface area contributed by atoms with Crippen molar-refractivity contribution in [1.29, 1.82) is 0 Å². The first-order valence-corrected chi connectivity index (χ1v) is 4.35. The van der Waals surface area contributed by atoms with E-state index >= 15 is 0 Å².